The molecule has 0 bridgehead atoms. The van der Waals surface area contributed by atoms with Gasteiger partial charge >= 0.3 is 0 Å². The number of nitrogens with zero attached hydrogens (tertiary/aromatic N) is 1. The lowest BCUT2D eigenvalue weighted by Gasteiger charge is -2.32. The molecule has 0 radical (unpaired) electrons. The fourth-order valence-corrected chi connectivity index (χ4v) is 4.38. The highest BCUT2D eigenvalue weighted by Crippen LogP contribution is 2.28. The van der Waals surface area contributed by atoms with Crippen molar-refractivity contribution in [2.45, 2.75) is 38.1 Å². The van der Waals surface area contributed by atoms with E-state index in [1.165, 1.54) is 49.9 Å². The summed E-state index contributed by atoms with van der Waals surface area (Å²) in [6, 6.07) is 19.7. The maximum Gasteiger partial charge on any atom is 0.119 e. The van der Waals surface area contributed by atoms with Crippen LogP contribution in [-0.2, 0) is 6.54 Å². The van der Waals surface area contributed by atoms with Crippen molar-refractivity contribution >= 4 is 0 Å². The van der Waals surface area contributed by atoms with E-state index in [1.807, 2.05) is 0 Å². The van der Waals surface area contributed by atoms with Crippen LogP contribution in [0.25, 0.3) is 0 Å². The van der Waals surface area contributed by atoms with Crippen molar-refractivity contribution in [2.75, 3.05) is 32.8 Å². The third-order valence-electron chi connectivity index (χ3n) is 6.07. The molecule has 0 saturated carbocycles. The van der Waals surface area contributed by atoms with Gasteiger partial charge in [-0.25, -0.2) is 0 Å². The molecule has 3 heteroatoms. The van der Waals surface area contributed by atoms with E-state index in [1.54, 1.807) is 0 Å². The molecule has 144 valence electrons. The molecule has 2 saturated heterocycles. The molecule has 3 nitrogen and oxygen atoms in total. The van der Waals surface area contributed by atoms with Crippen molar-refractivity contribution in [3.8, 4) is 5.75 Å². The maximum absolute atomic E-state index is 6.00. The Balaban J connectivity index is 1.22. The average Bonchev–Trinajstić information content (AvgIpc) is 2.75. The Bertz CT molecular complexity index is 671. The predicted octanol–water partition coefficient (Wildman–Crippen LogP) is 4.44. The van der Waals surface area contributed by atoms with E-state index >= 15 is 0 Å². The quantitative estimate of drug-likeness (QED) is 0.820. The lowest BCUT2D eigenvalue weighted by molar-refractivity contribution is 0.204. The lowest BCUT2D eigenvalue weighted by Crippen LogP contribution is -2.33. The molecule has 0 aromatic heterocycles. The molecule has 1 atom stereocenters. The molecule has 0 amide bonds. The number of ether oxygens (including phenoxy) is 1. The molecular weight excluding hydrogens is 332 g/mol. The van der Waals surface area contributed by atoms with Gasteiger partial charge in [0.05, 0.1) is 6.61 Å². The Morgan fingerprint density at radius 2 is 1.70 bits per heavy atom. The lowest BCUT2D eigenvalue weighted by atomic mass is 9.89. The standard InChI is InChI=1S/C24H32N2O/c1-2-6-22(7-3-1)23-12-15-26(16-13-23)18-20-8-10-24(11-9-20)27-19-21-5-4-14-25-17-21/h1-3,6-11,21,23,25H,4-5,12-19H2. The summed E-state index contributed by atoms with van der Waals surface area (Å²) in [6.45, 7) is 6.51. The number of hydrogen-bond donors (Lipinski definition) is 1. The normalized spacial score (nSPS) is 21.9. The van der Waals surface area contributed by atoms with Gasteiger partial charge in [0.15, 0.2) is 0 Å². The van der Waals surface area contributed by atoms with Crippen LogP contribution >= 0.6 is 0 Å². The monoisotopic (exact) mass is 364 g/mol. The van der Waals surface area contributed by atoms with Crippen LogP contribution in [0.1, 0.15) is 42.7 Å². The van der Waals surface area contributed by atoms with Crippen LogP contribution in [0.2, 0.25) is 0 Å². The van der Waals surface area contributed by atoms with Crippen LogP contribution in [0.4, 0.5) is 0 Å². The molecule has 2 heterocycles. The molecule has 2 aromatic rings. The molecule has 1 unspecified atom stereocenters. The van der Waals surface area contributed by atoms with Gasteiger partial charge < -0.3 is 10.1 Å². The second-order valence-electron chi connectivity index (χ2n) is 8.13. The van der Waals surface area contributed by atoms with Gasteiger partial charge in [-0.15, -0.1) is 0 Å². The van der Waals surface area contributed by atoms with Gasteiger partial charge in [-0.05, 0) is 74.5 Å². The molecule has 1 N–H and O–H groups in total. The second-order valence-corrected chi connectivity index (χ2v) is 8.13. The van der Waals surface area contributed by atoms with Gasteiger partial charge in [-0.1, -0.05) is 42.5 Å². The predicted molar refractivity (Wildman–Crippen MR) is 111 cm³/mol. The molecule has 27 heavy (non-hydrogen) atoms. The SMILES string of the molecule is c1ccc(C2CCN(Cc3ccc(OCC4CCCNC4)cc3)CC2)cc1. The van der Waals surface area contributed by atoms with E-state index in [2.05, 4.69) is 64.8 Å². The van der Waals surface area contributed by atoms with E-state index in [4.69, 9.17) is 4.74 Å². The number of rotatable bonds is 6. The van der Waals surface area contributed by atoms with Crippen LogP contribution in [0.5, 0.6) is 5.75 Å². The summed E-state index contributed by atoms with van der Waals surface area (Å²) in [7, 11) is 0. The Hall–Kier alpha value is -1.84. The Morgan fingerprint density at radius 1 is 0.926 bits per heavy atom. The summed E-state index contributed by atoms with van der Waals surface area (Å²) in [5, 5.41) is 3.45. The minimum atomic E-state index is 0.657. The number of piperidine rings is 2. The highest BCUT2D eigenvalue weighted by atomic mass is 16.5. The average molecular weight is 365 g/mol. The van der Waals surface area contributed by atoms with E-state index < -0.39 is 0 Å². The van der Waals surface area contributed by atoms with Crippen molar-refractivity contribution in [3.05, 3.63) is 65.7 Å². The molecule has 2 aliphatic heterocycles. The smallest absolute Gasteiger partial charge is 0.119 e. The minimum absolute atomic E-state index is 0.657. The summed E-state index contributed by atoms with van der Waals surface area (Å²) >= 11 is 0. The topological polar surface area (TPSA) is 24.5 Å². The zero-order valence-electron chi connectivity index (χ0n) is 16.3. The Labute approximate surface area is 163 Å². The van der Waals surface area contributed by atoms with E-state index in [0.717, 1.165) is 37.9 Å². The van der Waals surface area contributed by atoms with Crippen LogP contribution in [-0.4, -0.2) is 37.7 Å². The number of hydrogen-bond acceptors (Lipinski definition) is 3. The highest BCUT2D eigenvalue weighted by molar-refractivity contribution is 5.27. The molecule has 2 aliphatic rings. The van der Waals surface area contributed by atoms with Crippen molar-refractivity contribution in [3.63, 3.8) is 0 Å². The van der Waals surface area contributed by atoms with E-state index in [0.29, 0.717) is 5.92 Å². The first-order valence-corrected chi connectivity index (χ1v) is 10.6. The first-order chi connectivity index (χ1) is 13.4. The molecule has 2 fully saturated rings. The van der Waals surface area contributed by atoms with Crippen molar-refractivity contribution in [1.29, 1.82) is 0 Å². The van der Waals surface area contributed by atoms with E-state index in [-0.39, 0.29) is 0 Å². The summed E-state index contributed by atoms with van der Waals surface area (Å²) < 4.78 is 6.00. The van der Waals surface area contributed by atoms with Gasteiger partial charge in [-0.3, -0.25) is 4.90 Å². The van der Waals surface area contributed by atoms with Crippen molar-refractivity contribution in [2.24, 2.45) is 5.92 Å². The number of benzene rings is 2. The molecular formula is C24H32N2O. The van der Waals surface area contributed by atoms with Crippen molar-refractivity contribution in [1.82, 2.24) is 10.2 Å². The first kappa shape index (κ1) is 18.5. The number of nitrogens with one attached hydrogen (secondary N) is 1. The molecule has 2 aromatic carbocycles. The van der Waals surface area contributed by atoms with Crippen molar-refractivity contribution < 1.29 is 4.74 Å². The third-order valence-corrected chi connectivity index (χ3v) is 6.07. The first-order valence-electron chi connectivity index (χ1n) is 10.6. The number of likely N-dealkylation sites (tertiary alicyclic amines) is 1. The summed E-state index contributed by atoms with van der Waals surface area (Å²) in [5.41, 5.74) is 2.90. The molecule has 0 aliphatic carbocycles. The van der Waals surface area contributed by atoms with Crippen LogP contribution < -0.4 is 10.1 Å². The Morgan fingerprint density at radius 3 is 2.41 bits per heavy atom. The second kappa shape index (κ2) is 9.38. The molecule has 0 spiro atoms. The van der Waals surface area contributed by atoms with Crippen LogP contribution in [0.15, 0.2) is 54.6 Å². The van der Waals surface area contributed by atoms with Crippen LogP contribution in [0, 0.1) is 5.92 Å². The third kappa shape index (κ3) is 5.33. The van der Waals surface area contributed by atoms with Gasteiger partial charge in [-0.2, -0.15) is 0 Å². The highest BCUT2D eigenvalue weighted by Gasteiger charge is 2.20. The molecule has 4 rings (SSSR count). The largest absolute Gasteiger partial charge is 0.493 e. The van der Waals surface area contributed by atoms with Gasteiger partial charge in [0.2, 0.25) is 0 Å². The van der Waals surface area contributed by atoms with Gasteiger partial charge in [0, 0.05) is 19.0 Å². The maximum atomic E-state index is 6.00. The Kier molecular flexibility index (Phi) is 6.44. The van der Waals surface area contributed by atoms with Gasteiger partial charge in [0.25, 0.3) is 0 Å². The van der Waals surface area contributed by atoms with Gasteiger partial charge in [0.1, 0.15) is 5.75 Å². The van der Waals surface area contributed by atoms with Crippen LogP contribution in [0.3, 0.4) is 0 Å². The van der Waals surface area contributed by atoms with E-state index in [9.17, 15) is 0 Å². The minimum Gasteiger partial charge on any atom is -0.493 e. The fraction of sp³-hybridized carbons (Fsp3) is 0.500. The summed E-state index contributed by atoms with van der Waals surface area (Å²) in [4.78, 5) is 2.59. The fourth-order valence-electron chi connectivity index (χ4n) is 4.38. The summed E-state index contributed by atoms with van der Waals surface area (Å²) in [6.07, 6.45) is 5.08. The zero-order valence-corrected chi connectivity index (χ0v) is 16.3. The summed E-state index contributed by atoms with van der Waals surface area (Å²) in [5.74, 6) is 2.39. The zero-order chi connectivity index (χ0) is 18.3.